The van der Waals surface area contributed by atoms with Crippen LogP contribution >= 0.6 is 23.1 Å². The molecule has 1 aromatic heterocycles. The van der Waals surface area contributed by atoms with Crippen molar-refractivity contribution in [1.29, 1.82) is 0 Å². The normalized spacial score (nSPS) is 12.0. The minimum atomic E-state index is -0.889. The number of hydrogen-bond donors (Lipinski definition) is 1. The number of benzene rings is 1. The highest BCUT2D eigenvalue weighted by Crippen LogP contribution is 2.28. The number of hydrogen-bond acceptors (Lipinski definition) is 4. The first-order chi connectivity index (χ1) is 10.9. The summed E-state index contributed by atoms with van der Waals surface area (Å²) < 4.78 is 0. The minimum absolute atomic E-state index is 0.100. The highest BCUT2D eigenvalue weighted by molar-refractivity contribution is 8.00. The molecule has 1 amide bonds. The number of amides is 1. The predicted molar refractivity (Wildman–Crippen MR) is 94.3 cm³/mol. The Balaban J connectivity index is 2.16. The van der Waals surface area contributed by atoms with E-state index in [0.717, 1.165) is 4.88 Å². The molecule has 0 aliphatic heterocycles. The number of carbonyl (C=O) groups is 2. The number of carboxylic acids is 1. The fourth-order valence-corrected chi connectivity index (χ4v) is 3.93. The second-order valence-electron chi connectivity index (χ2n) is 5.27. The molecule has 6 heteroatoms. The van der Waals surface area contributed by atoms with Gasteiger partial charge in [0.25, 0.3) is 5.91 Å². The van der Waals surface area contributed by atoms with Crippen LogP contribution in [0.2, 0.25) is 0 Å². The van der Waals surface area contributed by atoms with Crippen LogP contribution in [0.3, 0.4) is 0 Å². The molecule has 23 heavy (non-hydrogen) atoms. The maximum atomic E-state index is 12.7. The van der Waals surface area contributed by atoms with Crippen molar-refractivity contribution >= 4 is 35.0 Å². The third kappa shape index (κ3) is 4.59. The molecule has 122 valence electrons. The fraction of sp³-hybridized carbons (Fsp3) is 0.294. The highest BCUT2D eigenvalue weighted by atomic mass is 32.2. The van der Waals surface area contributed by atoms with Gasteiger partial charge in [0.15, 0.2) is 0 Å². The van der Waals surface area contributed by atoms with Crippen LogP contribution in [0.4, 0.5) is 0 Å². The molecule has 0 saturated heterocycles. The van der Waals surface area contributed by atoms with Crippen molar-refractivity contribution in [2.75, 3.05) is 7.05 Å². The van der Waals surface area contributed by atoms with Crippen LogP contribution in [0, 0.1) is 6.92 Å². The molecule has 0 radical (unpaired) electrons. The molecule has 1 aromatic carbocycles. The molecule has 2 rings (SSSR count). The summed E-state index contributed by atoms with van der Waals surface area (Å²) in [5.41, 5.74) is 0.543. The smallest absolute Gasteiger partial charge is 0.316 e. The lowest BCUT2D eigenvalue weighted by atomic mass is 10.2. The average molecular weight is 349 g/mol. The van der Waals surface area contributed by atoms with Crippen molar-refractivity contribution in [3.8, 4) is 0 Å². The van der Waals surface area contributed by atoms with Crippen molar-refractivity contribution in [3.05, 3.63) is 51.7 Å². The van der Waals surface area contributed by atoms with Crippen LogP contribution in [0.1, 0.15) is 27.0 Å². The number of rotatable bonds is 6. The molecule has 1 atom stereocenters. The van der Waals surface area contributed by atoms with Crippen molar-refractivity contribution in [2.24, 2.45) is 0 Å². The fourth-order valence-electron chi connectivity index (χ4n) is 2.07. The Morgan fingerprint density at radius 2 is 1.96 bits per heavy atom. The molecule has 0 fully saturated rings. The zero-order chi connectivity index (χ0) is 17.0. The van der Waals surface area contributed by atoms with Gasteiger partial charge in [-0.05, 0) is 38.1 Å². The predicted octanol–water partition coefficient (Wildman–Crippen LogP) is 3.89. The van der Waals surface area contributed by atoms with Crippen molar-refractivity contribution in [3.63, 3.8) is 0 Å². The van der Waals surface area contributed by atoms with E-state index in [4.69, 9.17) is 5.11 Å². The van der Waals surface area contributed by atoms with Gasteiger partial charge in [0.2, 0.25) is 0 Å². The summed E-state index contributed by atoms with van der Waals surface area (Å²) >= 11 is 2.86. The largest absolute Gasteiger partial charge is 0.480 e. The first-order valence-electron chi connectivity index (χ1n) is 7.17. The van der Waals surface area contributed by atoms with Gasteiger partial charge in [-0.1, -0.05) is 12.1 Å². The summed E-state index contributed by atoms with van der Waals surface area (Å²) in [7, 11) is 1.76. The maximum Gasteiger partial charge on any atom is 0.316 e. The van der Waals surface area contributed by atoms with Crippen LogP contribution in [0.15, 0.2) is 41.3 Å². The molecule has 1 N–H and O–H groups in total. The van der Waals surface area contributed by atoms with Gasteiger partial charge < -0.3 is 10.0 Å². The summed E-state index contributed by atoms with van der Waals surface area (Å²) in [6, 6.07) is 11.2. The lowest BCUT2D eigenvalue weighted by Gasteiger charge is -2.18. The van der Waals surface area contributed by atoms with Crippen LogP contribution in [-0.2, 0) is 11.3 Å². The zero-order valence-corrected chi connectivity index (χ0v) is 14.9. The van der Waals surface area contributed by atoms with Crippen LogP contribution < -0.4 is 0 Å². The third-order valence-corrected chi connectivity index (χ3v) is 5.46. The van der Waals surface area contributed by atoms with Gasteiger partial charge in [-0.3, -0.25) is 9.59 Å². The summed E-state index contributed by atoms with van der Waals surface area (Å²) in [5, 5.41) is 8.46. The Kier molecular flexibility index (Phi) is 5.85. The monoisotopic (exact) mass is 349 g/mol. The first kappa shape index (κ1) is 17.6. The Hall–Kier alpha value is -1.79. The number of thioether (sulfide) groups is 1. The highest BCUT2D eigenvalue weighted by Gasteiger charge is 2.20. The number of nitrogens with zero attached hydrogens (tertiary/aromatic N) is 1. The lowest BCUT2D eigenvalue weighted by molar-refractivity contribution is -0.136. The third-order valence-electron chi connectivity index (χ3n) is 3.30. The molecular formula is C17H19NO3S2. The second kappa shape index (κ2) is 7.66. The molecule has 2 aromatic rings. The van der Waals surface area contributed by atoms with Gasteiger partial charge >= 0.3 is 5.97 Å². The number of thiophene rings is 1. The van der Waals surface area contributed by atoms with Gasteiger partial charge in [-0.25, -0.2) is 0 Å². The van der Waals surface area contributed by atoms with E-state index in [9.17, 15) is 9.59 Å². The van der Waals surface area contributed by atoms with Gasteiger partial charge in [-0.2, -0.15) is 0 Å². The molecular weight excluding hydrogens is 330 g/mol. The van der Waals surface area contributed by atoms with Crippen LogP contribution in [0.5, 0.6) is 0 Å². The summed E-state index contributed by atoms with van der Waals surface area (Å²) in [5.74, 6) is -0.989. The Morgan fingerprint density at radius 3 is 2.57 bits per heavy atom. The van der Waals surface area contributed by atoms with Crippen molar-refractivity contribution < 1.29 is 14.7 Å². The molecule has 1 unspecified atom stereocenters. The number of aliphatic carboxylic acids is 1. The summed E-state index contributed by atoms with van der Waals surface area (Å²) in [4.78, 5) is 28.4. The van der Waals surface area contributed by atoms with Gasteiger partial charge in [-0.15, -0.1) is 23.1 Å². The average Bonchev–Trinajstić information content (AvgIpc) is 2.92. The van der Waals surface area contributed by atoms with E-state index in [1.165, 1.54) is 16.6 Å². The van der Waals surface area contributed by atoms with Gasteiger partial charge in [0.05, 0.1) is 12.1 Å². The summed E-state index contributed by atoms with van der Waals surface area (Å²) in [6.45, 7) is 4.20. The minimum Gasteiger partial charge on any atom is -0.480 e. The van der Waals surface area contributed by atoms with Crippen molar-refractivity contribution in [1.82, 2.24) is 4.90 Å². The topological polar surface area (TPSA) is 57.6 Å². The molecule has 0 saturated carbocycles. The number of aryl methyl sites for hydroxylation is 1. The molecule has 1 heterocycles. The van der Waals surface area contributed by atoms with E-state index < -0.39 is 11.2 Å². The molecule has 0 spiro atoms. The Bertz CT molecular complexity index is 711. The molecule has 0 bridgehead atoms. The van der Waals surface area contributed by atoms with Crippen molar-refractivity contribution in [2.45, 2.75) is 30.5 Å². The molecule has 0 aliphatic carbocycles. The van der Waals surface area contributed by atoms with Crippen LogP contribution in [-0.4, -0.2) is 34.2 Å². The first-order valence-corrected chi connectivity index (χ1v) is 8.87. The van der Waals surface area contributed by atoms with Gasteiger partial charge in [0, 0.05) is 21.7 Å². The molecule has 4 nitrogen and oxygen atoms in total. The standard InChI is InChI=1S/C17H19NO3S2/c1-11-8-9-13(22-11)10-18(3)16(19)14-6-4-5-7-15(14)23-12(2)17(20)21/h4-9,12H,10H2,1-3H3,(H,20,21). The zero-order valence-electron chi connectivity index (χ0n) is 13.3. The Morgan fingerprint density at radius 1 is 1.26 bits per heavy atom. The lowest BCUT2D eigenvalue weighted by Crippen LogP contribution is -2.26. The molecule has 0 aliphatic rings. The van der Waals surface area contributed by atoms with E-state index in [0.29, 0.717) is 17.0 Å². The number of carboxylic acid groups (broad SMARTS) is 1. The van der Waals surface area contributed by atoms with Crippen LogP contribution in [0.25, 0.3) is 0 Å². The van der Waals surface area contributed by atoms with E-state index in [-0.39, 0.29) is 5.91 Å². The van der Waals surface area contributed by atoms with E-state index in [1.54, 1.807) is 48.4 Å². The SMILES string of the molecule is Cc1ccc(CN(C)C(=O)c2ccccc2SC(C)C(=O)O)s1. The maximum absolute atomic E-state index is 12.7. The summed E-state index contributed by atoms with van der Waals surface area (Å²) in [6.07, 6.45) is 0. The Labute approximate surface area is 144 Å². The second-order valence-corrected chi connectivity index (χ2v) is 8.02. The number of carbonyl (C=O) groups excluding carboxylic acids is 1. The van der Waals surface area contributed by atoms with E-state index in [2.05, 4.69) is 0 Å². The quantitative estimate of drug-likeness (QED) is 0.804. The van der Waals surface area contributed by atoms with E-state index in [1.807, 2.05) is 25.1 Å². The van der Waals surface area contributed by atoms with E-state index >= 15 is 0 Å². The van der Waals surface area contributed by atoms with Gasteiger partial charge in [0.1, 0.15) is 5.25 Å².